The number of carbonyl (C=O) groups is 1. The molecule has 2 aromatic rings. The molecule has 1 saturated heterocycles. The van der Waals surface area contributed by atoms with Gasteiger partial charge >= 0.3 is 0 Å². The minimum Gasteiger partial charge on any atom is -0.461 e. The zero-order chi connectivity index (χ0) is 28.3. The van der Waals surface area contributed by atoms with E-state index in [2.05, 4.69) is 20.3 Å². The predicted molar refractivity (Wildman–Crippen MR) is 150 cm³/mol. The van der Waals surface area contributed by atoms with E-state index in [-0.39, 0.29) is 17.9 Å². The van der Waals surface area contributed by atoms with Gasteiger partial charge in [-0.1, -0.05) is 0 Å². The van der Waals surface area contributed by atoms with Crippen molar-refractivity contribution in [1.82, 2.24) is 0 Å². The Hall–Kier alpha value is -3.09. The Morgan fingerprint density at radius 2 is 1.79 bits per heavy atom. The molecule has 1 spiro atoms. The lowest BCUT2D eigenvalue weighted by molar-refractivity contribution is 0.102. The lowest BCUT2D eigenvalue weighted by Gasteiger charge is -2.35. The van der Waals surface area contributed by atoms with Crippen molar-refractivity contribution in [1.29, 1.82) is 0 Å². The Bertz CT molecular complexity index is 1290. The molecule has 1 aliphatic carbocycles. The molecule has 1 aliphatic heterocycles. The number of benzene rings is 2. The maximum atomic E-state index is 13.4. The van der Waals surface area contributed by atoms with Gasteiger partial charge in [-0.2, -0.15) is 0 Å². The average molecular weight is 565 g/mol. The van der Waals surface area contributed by atoms with E-state index in [9.17, 15) is 22.7 Å². The molecule has 0 atom stereocenters. The summed E-state index contributed by atoms with van der Waals surface area (Å²) in [5.41, 5.74) is 1.88. The fourth-order valence-electron chi connectivity index (χ4n) is 4.76. The van der Waals surface area contributed by atoms with Gasteiger partial charge in [0, 0.05) is 18.7 Å². The van der Waals surface area contributed by atoms with Crippen molar-refractivity contribution in [3.05, 3.63) is 42.0 Å². The number of piperidine rings is 1. The number of aliphatic hydroxyl groups is 2. The standard InChI is InChI=1S/C27H37FN4O6S/c1-26(2,17-34)30-22-15-19(3-6-24(22)38-18-28)25(35)29-21-5-4-20(31-39(36,37)14-13-33)16-23(21)32-11-9-27(7-8-27)10-12-32/h3-6,15-16,30-31,33-34H,7-14,17-18H2,1-2H3,(H,29,35). The molecule has 1 saturated carbocycles. The molecule has 1 amide bonds. The van der Waals surface area contributed by atoms with Gasteiger partial charge in [0.25, 0.3) is 5.91 Å². The minimum atomic E-state index is -3.72. The second kappa shape index (κ2) is 11.6. The summed E-state index contributed by atoms with van der Waals surface area (Å²) in [6.45, 7) is 3.34. The van der Waals surface area contributed by atoms with E-state index in [0.717, 1.165) is 25.9 Å². The van der Waals surface area contributed by atoms with Crippen molar-refractivity contribution < 1.29 is 32.6 Å². The summed E-state index contributed by atoms with van der Waals surface area (Å²) in [6, 6.07) is 9.46. The number of rotatable bonds is 12. The normalized spacial score (nSPS) is 16.6. The summed E-state index contributed by atoms with van der Waals surface area (Å²) >= 11 is 0. The Labute approximate surface area is 228 Å². The molecule has 4 rings (SSSR count). The zero-order valence-corrected chi connectivity index (χ0v) is 23.1. The molecular weight excluding hydrogens is 527 g/mol. The van der Waals surface area contributed by atoms with Crippen LogP contribution in [0.2, 0.25) is 0 Å². The first kappa shape index (κ1) is 28.9. The van der Waals surface area contributed by atoms with E-state index in [1.807, 2.05) is 0 Å². The lowest BCUT2D eigenvalue weighted by Crippen LogP contribution is -2.35. The summed E-state index contributed by atoms with van der Waals surface area (Å²) in [5.74, 6) is -0.631. The molecule has 2 aliphatic rings. The molecule has 10 nitrogen and oxygen atoms in total. The fourth-order valence-corrected chi connectivity index (χ4v) is 5.59. The Morgan fingerprint density at radius 3 is 2.41 bits per heavy atom. The van der Waals surface area contributed by atoms with Crippen LogP contribution in [0.5, 0.6) is 5.75 Å². The van der Waals surface area contributed by atoms with E-state index >= 15 is 0 Å². The molecule has 2 fully saturated rings. The van der Waals surface area contributed by atoms with Crippen LogP contribution >= 0.6 is 0 Å². The number of sulfonamides is 1. The van der Waals surface area contributed by atoms with E-state index in [1.165, 1.54) is 31.0 Å². The number of nitrogens with zero attached hydrogens (tertiary/aromatic N) is 1. The van der Waals surface area contributed by atoms with Gasteiger partial charge in [-0.05, 0) is 81.3 Å². The fraction of sp³-hybridized carbons (Fsp3) is 0.519. The summed E-state index contributed by atoms with van der Waals surface area (Å²) in [4.78, 5) is 15.5. The molecule has 0 bridgehead atoms. The number of hydrogen-bond donors (Lipinski definition) is 5. The third-order valence-corrected chi connectivity index (χ3v) is 8.59. The van der Waals surface area contributed by atoms with E-state index in [1.54, 1.807) is 32.0 Å². The number of aliphatic hydroxyl groups excluding tert-OH is 2. The van der Waals surface area contributed by atoms with Gasteiger partial charge in [0.1, 0.15) is 5.75 Å². The molecule has 0 radical (unpaired) electrons. The second-order valence-electron chi connectivity index (χ2n) is 10.9. The molecule has 0 aromatic heterocycles. The van der Waals surface area contributed by atoms with Crippen LogP contribution in [-0.2, 0) is 10.0 Å². The van der Waals surface area contributed by atoms with Crippen LogP contribution in [-0.4, -0.2) is 69.0 Å². The smallest absolute Gasteiger partial charge is 0.255 e. The summed E-state index contributed by atoms with van der Waals surface area (Å²) < 4.78 is 45.0. The van der Waals surface area contributed by atoms with Crippen molar-refractivity contribution in [2.24, 2.45) is 5.41 Å². The van der Waals surface area contributed by atoms with Crippen molar-refractivity contribution >= 4 is 38.7 Å². The van der Waals surface area contributed by atoms with Crippen LogP contribution in [0.3, 0.4) is 0 Å². The van der Waals surface area contributed by atoms with Crippen LogP contribution in [0.25, 0.3) is 0 Å². The SMILES string of the molecule is CC(C)(CO)Nc1cc(C(=O)Nc2ccc(NS(=O)(=O)CCO)cc2N2CCC3(CC2)CC3)ccc1OCF. The van der Waals surface area contributed by atoms with Crippen molar-refractivity contribution in [3.8, 4) is 5.75 Å². The zero-order valence-electron chi connectivity index (χ0n) is 22.3. The van der Waals surface area contributed by atoms with Gasteiger partial charge in [-0.3, -0.25) is 9.52 Å². The second-order valence-corrected chi connectivity index (χ2v) is 12.8. The van der Waals surface area contributed by atoms with E-state index in [0.29, 0.717) is 28.2 Å². The van der Waals surface area contributed by atoms with Crippen molar-refractivity contribution in [3.63, 3.8) is 0 Å². The van der Waals surface area contributed by atoms with Crippen LogP contribution in [0, 0.1) is 5.41 Å². The predicted octanol–water partition coefficient (Wildman–Crippen LogP) is 3.54. The van der Waals surface area contributed by atoms with Crippen molar-refractivity contribution in [2.45, 2.75) is 45.1 Å². The molecule has 39 heavy (non-hydrogen) atoms. The summed E-state index contributed by atoms with van der Waals surface area (Å²) in [5, 5.41) is 24.7. The molecule has 5 N–H and O–H groups in total. The number of ether oxygens (including phenoxy) is 1. The van der Waals surface area contributed by atoms with Crippen LogP contribution in [0.4, 0.5) is 27.1 Å². The Morgan fingerprint density at radius 1 is 1.08 bits per heavy atom. The topological polar surface area (TPSA) is 140 Å². The number of carbonyl (C=O) groups excluding carboxylic acids is 1. The third-order valence-electron chi connectivity index (χ3n) is 7.32. The van der Waals surface area contributed by atoms with Crippen molar-refractivity contribution in [2.75, 3.05) is 59.2 Å². The monoisotopic (exact) mass is 564 g/mol. The van der Waals surface area contributed by atoms with Crippen LogP contribution in [0.15, 0.2) is 36.4 Å². The highest BCUT2D eigenvalue weighted by molar-refractivity contribution is 7.92. The molecule has 214 valence electrons. The Balaban J connectivity index is 1.61. The largest absolute Gasteiger partial charge is 0.461 e. The molecular formula is C27H37FN4O6S. The molecule has 2 aromatic carbocycles. The van der Waals surface area contributed by atoms with Gasteiger partial charge in [0.15, 0.2) is 0 Å². The highest BCUT2D eigenvalue weighted by atomic mass is 32.2. The number of amides is 1. The first-order valence-corrected chi connectivity index (χ1v) is 14.7. The van der Waals surface area contributed by atoms with E-state index in [4.69, 9.17) is 9.84 Å². The maximum absolute atomic E-state index is 13.4. The third kappa shape index (κ3) is 7.31. The lowest BCUT2D eigenvalue weighted by atomic mass is 9.93. The van der Waals surface area contributed by atoms with E-state index < -0.39 is 40.7 Å². The first-order valence-electron chi connectivity index (χ1n) is 13.0. The number of hydrogen-bond acceptors (Lipinski definition) is 8. The van der Waals surface area contributed by atoms with Gasteiger partial charge in [-0.25, -0.2) is 12.8 Å². The minimum absolute atomic E-state index is 0.201. The highest BCUT2D eigenvalue weighted by Crippen LogP contribution is 2.54. The molecule has 0 unspecified atom stereocenters. The average Bonchev–Trinajstić information content (AvgIpc) is 3.64. The first-order chi connectivity index (χ1) is 18.5. The molecule has 1 heterocycles. The summed E-state index contributed by atoms with van der Waals surface area (Å²) in [7, 11) is -3.72. The summed E-state index contributed by atoms with van der Waals surface area (Å²) in [6.07, 6.45) is 4.53. The number of nitrogens with one attached hydrogen (secondary N) is 3. The number of halogens is 1. The van der Waals surface area contributed by atoms with Gasteiger partial charge in [0.2, 0.25) is 16.9 Å². The van der Waals surface area contributed by atoms with Crippen LogP contribution in [0.1, 0.15) is 49.9 Å². The quantitative estimate of drug-likeness (QED) is 0.264. The highest BCUT2D eigenvalue weighted by Gasteiger charge is 2.44. The maximum Gasteiger partial charge on any atom is 0.255 e. The molecule has 12 heteroatoms. The number of alkyl halides is 1. The van der Waals surface area contributed by atoms with Gasteiger partial charge < -0.3 is 30.5 Å². The van der Waals surface area contributed by atoms with Gasteiger partial charge in [-0.15, -0.1) is 0 Å². The van der Waals surface area contributed by atoms with Crippen LogP contribution < -0.4 is 25.0 Å². The van der Waals surface area contributed by atoms with Gasteiger partial charge in [0.05, 0.1) is 47.3 Å². The number of anilines is 4. The Kier molecular flexibility index (Phi) is 8.57.